The second kappa shape index (κ2) is 9.88. The Hall–Kier alpha value is -3.40. The van der Waals surface area contributed by atoms with Crippen molar-refractivity contribution in [3.05, 3.63) is 77.9 Å². The number of hydrogen-bond acceptors (Lipinski definition) is 4. The van der Waals surface area contributed by atoms with Crippen LogP contribution in [0.3, 0.4) is 0 Å². The summed E-state index contributed by atoms with van der Waals surface area (Å²) in [5, 5.41) is 0. The number of rotatable bonds is 7. The molecule has 0 unspecified atom stereocenters. The lowest BCUT2D eigenvalue weighted by atomic mass is 9.95. The van der Waals surface area contributed by atoms with Crippen LogP contribution in [0.15, 0.2) is 66.7 Å². The first-order valence-corrected chi connectivity index (χ1v) is 10.2. The lowest BCUT2D eigenvalue weighted by Crippen LogP contribution is -2.05. The Kier molecular flexibility index (Phi) is 7.02. The van der Waals surface area contributed by atoms with Gasteiger partial charge >= 0.3 is 11.9 Å². The highest BCUT2D eigenvalue weighted by Crippen LogP contribution is 2.30. The second-order valence-electron chi connectivity index (χ2n) is 7.09. The van der Waals surface area contributed by atoms with Gasteiger partial charge in [0.05, 0.1) is 0 Å². The Morgan fingerprint density at radius 2 is 1.33 bits per heavy atom. The van der Waals surface area contributed by atoms with E-state index >= 15 is 0 Å². The molecule has 0 saturated carbocycles. The summed E-state index contributed by atoms with van der Waals surface area (Å²) >= 11 is 0. The van der Waals surface area contributed by atoms with Gasteiger partial charge in [-0.05, 0) is 52.4 Å². The zero-order valence-corrected chi connectivity index (χ0v) is 17.6. The van der Waals surface area contributed by atoms with Crippen LogP contribution in [-0.4, -0.2) is 11.9 Å². The molecule has 0 amide bonds. The normalized spacial score (nSPS) is 10.5. The lowest BCUT2D eigenvalue weighted by Gasteiger charge is -2.11. The van der Waals surface area contributed by atoms with Gasteiger partial charge < -0.3 is 9.47 Å². The van der Waals surface area contributed by atoms with E-state index in [0.29, 0.717) is 25.2 Å². The number of ether oxygens (including phenoxy) is 2. The van der Waals surface area contributed by atoms with Crippen molar-refractivity contribution in [1.82, 2.24) is 0 Å². The van der Waals surface area contributed by atoms with Crippen LogP contribution >= 0.6 is 0 Å². The third kappa shape index (κ3) is 5.35. The maximum absolute atomic E-state index is 11.4. The Labute approximate surface area is 177 Å². The summed E-state index contributed by atoms with van der Waals surface area (Å²) in [7, 11) is 0. The highest BCUT2D eigenvalue weighted by atomic mass is 16.5. The van der Waals surface area contributed by atoms with E-state index in [2.05, 4.69) is 25.1 Å². The molecule has 0 N–H and O–H groups in total. The van der Waals surface area contributed by atoms with Crippen LogP contribution in [0.5, 0.6) is 5.75 Å². The SMILES string of the molecule is CCC(=O)OCc1ccc(-c2ccc(-c3ccc(OC(=O)CC)cc3)c(C)c2)cc1. The number of benzene rings is 3. The maximum Gasteiger partial charge on any atom is 0.310 e. The van der Waals surface area contributed by atoms with E-state index in [-0.39, 0.29) is 11.9 Å². The number of esters is 2. The fourth-order valence-electron chi connectivity index (χ4n) is 3.13. The molecule has 0 spiro atoms. The summed E-state index contributed by atoms with van der Waals surface area (Å²) in [5.74, 6) is 0.129. The predicted molar refractivity (Wildman–Crippen MR) is 118 cm³/mol. The molecular weight excluding hydrogens is 376 g/mol. The van der Waals surface area contributed by atoms with Gasteiger partial charge in [0.25, 0.3) is 0 Å². The van der Waals surface area contributed by atoms with Crippen LogP contribution < -0.4 is 4.74 Å². The standard InChI is InChI=1S/C26H26O4/c1-4-25(27)29-17-19-6-8-20(9-7-19)22-12-15-24(18(3)16-22)21-10-13-23(14-11-21)30-26(28)5-2/h6-16H,4-5,17H2,1-3H3. The predicted octanol–water partition coefficient (Wildman–Crippen LogP) is 6.10. The van der Waals surface area contributed by atoms with Gasteiger partial charge in [-0.15, -0.1) is 0 Å². The smallest absolute Gasteiger partial charge is 0.310 e. The fraction of sp³-hybridized carbons (Fsp3) is 0.231. The minimum Gasteiger partial charge on any atom is -0.461 e. The van der Waals surface area contributed by atoms with E-state index < -0.39 is 0 Å². The van der Waals surface area contributed by atoms with Crippen molar-refractivity contribution >= 4 is 11.9 Å². The van der Waals surface area contributed by atoms with Gasteiger partial charge in [-0.2, -0.15) is 0 Å². The first kappa shape index (κ1) is 21.3. The van der Waals surface area contributed by atoms with Crippen molar-refractivity contribution < 1.29 is 19.1 Å². The van der Waals surface area contributed by atoms with Crippen LogP contribution in [0, 0.1) is 6.92 Å². The molecule has 0 bridgehead atoms. The van der Waals surface area contributed by atoms with Gasteiger partial charge in [0.15, 0.2) is 0 Å². The molecule has 0 aliphatic carbocycles. The number of carbonyl (C=O) groups excluding carboxylic acids is 2. The Morgan fingerprint density at radius 3 is 1.93 bits per heavy atom. The van der Waals surface area contributed by atoms with Crippen LogP contribution in [0.4, 0.5) is 0 Å². The Bertz CT molecular complexity index is 1020. The van der Waals surface area contributed by atoms with E-state index in [1.54, 1.807) is 13.8 Å². The molecule has 0 aliphatic heterocycles. The first-order chi connectivity index (χ1) is 14.5. The fourth-order valence-corrected chi connectivity index (χ4v) is 3.13. The zero-order valence-electron chi connectivity index (χ0n) is 17.6. The second-order valence-corrected chi connectivity index (χ2v) is 7.09. The van der Waals surface area contributed by atoms with Crippen molar-refractivity contribution in [2.24, 2.45) is 0 Å². The molecule has 0 fully saturated rings. The third-order valence-electron chi connectivity index (χ3n) is 4.89. The van der Waals surface area contributed by atoms with E-state index in [1.807, 2.05) is 48.5 Å². The van der Waals surface area contributed by atoms with Gasteiger partial charge in [-0.3, -0.25) is 9.59 Å². The molecule has 3 aromatic rings. The molecule has 0 aliphatic rings. The summed E-state index contributed by atoms with van der Waals surface area (Å²) in [4.78, 5) is 22.7. The zero-order chi connectivity index (χ0) is 21.5. The molecular formula is C26H26O4. The Morgan fingerprint density at radius 1 is 0.733 bits per heavy atom. The molecule has 4 nitrogen and oxygen atoms in total. The van der Waals surface area contributed by atoms with Gasteiger partial charge in [0.1, 0.15) is 12.4 Å². The van der Waals surface area contributed by atoms with Crippen molar-refractivity contribution in [2.75, 3.05) is 0 Å². The number of carbonyl (C=O) groups is 2. The summed E-state index contributed by atoms with van der Waals surface area (Å²) < 4.78 is 10.4. The molecule has 0 heterocycles. The van der Waals surface area contributed by atoms with Crippen LogP contribution in [0.2, 0.25) is 0 Å². The molecule has 154 valence electrons. The first-order valence-electron chi connectivity index (χ1n) is 10.2. The van der Waals surface area contributed by atoms with Gasteiger partial charge in [-0.25, -0.2) is 0 Å². The summed E-state index contributed by atoms with van der Waals surface area (Å²) in [6.45, 7) is 5.94. The molecule has 0 saturated heterocycles. The highest BCUT2D eigenvalue weighted by Gasteiger charge is 2.07. The van der Waals surface area contributed by atoms with Crippen molar-refractivity contribution in [1.29, 1.82) is 0 Å². The molecule has 30 heavy (non-hydrogen) atoms. The van der Waals surface area contributed by atoms with Crippen molar-refractivity contribution in [3.63, 3.8) is 0 Å². The van der Waals surface area contributed by atoms with Crippen LogP contribution in [0.25, 0.3) is 22.3 Å². The van der Waals surface area contributed by atoms with E-state index in [1.165, 1.54) is 0 Å². The third-order valence-corrected chi connectivity index (χ3v) is 4.89. The monoisotopic (exact) mass is 402 g/mol. The Balaban J connectivity index is 1.73. The average molecular weight is 402 g/mol. The molecule has 0 aromatic heterocycles. The number of hydrogen-bond donors (Lipinski definition) is 0. The van der Waals surface area contributed by atoms with Crippen LogP contribution in [0.1, 0.15) is 37.8 Å². The topological polar surface area (TPSA) is 52.6 Å². The minimum atomic E-state index is -0.238. The molecule has 4 heteroatoms. The summed E-state index contributed by atoms with van der Waals surface area (Å²) in [5.41, 5.74) is 6.57. The summed E-state index contributed by atoms with van der Waals surface area (Å²) in [6.07, 6.45) is 0.740. The van der Waals surface area contributed by atoms with Crippen LogP contribution in [-0.2, 0) is 20.9 Å². The van der Waals surface area contributed by atoms with Gasteiger partial charge in [0.2, 0.25) is 0 Å². The largest absolute Gasteiger partial charge is 0.461 e. The van der Waals surface area contributed by atoms with E-state index in [9.17, 15) is 9.59 Å². The molecule has 0 atom stereocenters. The van der Waals surface area contributed by atoms with E-state index in [4.69, 9.17) is 9.47 Å². The minimum absolute atomic E-state index is 0.193. The molecule has 0 radical (unpaired) electrons. The highest BCUT2D eigenvalue weighted by molar-refractivity contribution is 5.75. The quantitative estimate of drug-likeness (QED) is 0.354. The van der Waals surface area contributed by atoms with E-state index in [0.717, 1.165) is 33.4 Å². The van der Waals surface area contributed by atoms with Gasteiger partial charge in [-0.1, -0.05) is 68.4 Å². The molecule has 3 aromatic carbocycles. The maximum atomic E-state index is 11.4. The lowest BCUT2D eigenvalue weighted by molar-refractivity contribution is -0.144. The molecule has 3 rings (SSSR count). The average Bonchev–Trinajstić information content (AvgIpc) is 2.78. The van der Waals surface area contributed by atoms with Gasteiger partial charge in [0, 0.05) is 12.8 Å². The number of aryl methyl sites for hydroxylation is 1. The summed E-state index contributed by atoms with van der Waals surface area (Å²) in [6, 6.07) is 22.0. The van der Waals surface area contributed by atoms with Crippen molar-refractivity contribution in [2.45, 2.75) is 40.2 Å². The van der Waals surface area contributed by atoms with Crippen molar-refractivity contribution in [3.8, 4) is 28.0 Å².